The first-order chi connectivity index (χ1) is 14.4. The van der Waals surface area contributed by atoms with Crippen LogP contribution in [-0.2, 0) is 10.2 Å². The highest BCUT2D eigenvalue weighted by molar-refractivity contribution is 5.95. The van der Waals surface area contributed by atoms with Gasteiger partial charge < -0.3 is 10.1 Å². The smallest absolute Gasteiger partial charge is 0.229 e. The predicted octanol–water partition coefficient (Wildman–Crippen LogP) is 3.74. The van der Waals surface area contributed by atoms with Crippen LogP contribution in [0.5, 0.6) is 5.75 Å². The third-order valence-corrected chi connectivity index (χ3v) is 5.33. The summed E-state index contributed by atoms with van der Waals surface area (Å²) < 4.78 is 32.5. The van der Waals surface area contributed by atoms with Crippen molar-refractivity contribution in [3.8, 4) is 5.75 Å². The van der Waals surface area contributed by atoms with Crippen LogP contribution in [0, 0.1) is 31.4 Å². The summed E-state index contributed by atoms with van der Waals surface area (Å²) in [6, 6.07) is 8.70. The van der Waals surface area contributed by atoms with Crippen LogP contribution in [0.15, 0.2) is 48.8 Å². The number of halogens is 2. The zero-order chi connectivity index (χ0) is 21.3. The highest BCUT2D eigenvalue weighted by atomic mass is 19.1. The third-order valence-electron chi connectivity index (χ3n) is 5.33. The van der Waals surface area contributed by atoms with Crippen molar-refractivity contribution >= 4 is 11.7 Å². The molecule has 0 bridgehead atoms. The van der Waals surface area contributed by atoms with E-state index in [9.17, 15) is 13.6 Å². The lowest BCUT2D eigenvalue weighted by atomic mass is 9.93. The van der Waals surface area contributed by atoms with Crippen LogP contribution in [0.3, 0.4) is 0 Å². The number of rotatable bonds is 6. The number of carbonyl (C=O) groups excluding carboxylic acids is 1. The molecule has 1 N–H and O–H groups in total. The summed E-state index contributed by atoms with van der Waals surface area (Å²) in [4.78, 5) is 25.2. The number of aryl methyl sites for hydroxylation is 2. The molecular weight excluding hydrogens is 390 g/mol. The van der Waals surface area contributed by atoms with Gasteiger partial charge in [-0.15, -0.1) is 0 Å². The van der Waals surface area contributed by atoms with Crippen molar-refractivity contribution in [1.82, 2.24) is 15.0 Å². The standard InChI is InChI=1S/C22H20F2N4O2/c1-13-19(11-25-14(2)27-13)30-12-22(15-3-5-16(23)6-4-15)9-18(22)21(29)28-20-8-7-17(24)10-26-20/h3-8,10-11,18H,9,12H2,1-2H3,(H,26,28,29)/t18?,22-/m1/s1. The summed E-state index contributed by atoms with van der Waals surface area (Å²) in [6.45, 7) is 3.83. The topological polar surface area (TPSA) is 77.0 Å². The van der Waals surface area contributed by atoms with Crippen molar-refractivity contribution in [2.75, 3.05) is 11.9 Å². The average molecular weight is 410 g/mol. The van der Waals surface area contributed by atoms with Crippen LogP contribution >= 0.6 is 0 Å². The van der Waals surface area contributed by atoms with E-state index in [1.54, 1.807) is 25.3 Å². The second-order valence-electron chi connectivity index (χ2n) is 7.43. The van der Waals surface area contributed by atoms with Crippen molar-refractivity contribution < 1.29 is 18.3 Å². The molecule has 2 aromatic heterocycles. The predicted molar refractivity (Wildman–Crippen MR) is 106 cm³/mol. The Bertz CT molecular complexity index is 1070. The van der Waals surface area contributed by atoms with E-state index in [-0.39, 0.29) is 24.1 Å². The summed E-state index contributed by atoms with van der Waals surface area (Å²) in [5.74, 6) is -0.0405. The molecule has 1 aliphatic carbocycles. The van der Waals surface area contributed by atoms with Crippen LogP contribution in [-0.4, -0.2) is 27.5 Å². The minimum atomic E-state index is -0.616. The molecule has 0 aliphatic heterocycles. The molecule has 1 amide bonds. The lowest BCUT2D eigenvalue weighted by Gasteiger charge is -2.19. The molecule has 2 atom stereocenters. The number of benzene rings is 1. The van der Waals surface area contributed by atoms with Crippen molar-refractivity contribution in [2.24, 2.45) is 5.92 Å². The summed E-state index contributed by atoms with van der Waals surface area (Å²) >= 11 is 0. The number of pyridine rings is 1. The minimum Gasteiger partial charge on any atom is -0.489 e. The van der Waals surface area contributed by atoms with Gasteiger partial charge in [0.15, 0.2) is 5.75 Å². The molecule has 1 unspecified atom stereocenters. The molecule has 2 heterocycles. The molecule has 1 fully saturated rings. The molecule has 0 radical (unpaired) electrons. The number of nitrogens with one attached hydrogen (secondary N) is 1. The van der Waals surface area contributed by atoms with Crippen LogP contribution in [0.25, 0.3) is 0 Å². The quantitative estimate of drug-likeness (QED) is 0.670. The highest BCUT2D eigenvalue weighted by Crippen LogP contribution is 2.55. The first kappa shape index (κ1) is 19.9. The van der Waals surface area contributed by atoms with E-state index in [2.05, 4.69) is 20.3 Å². The Kier molecular flexibility index (Phi) is 5.15. The fourth-order valence-corrected chi connectivity index (χ4v) is 3.58. The second-order valence-corrected chi connectivity index (χ2v) is 7.43. The Morgan fingerprint density at radius 2 is 1.83 bits per heavy atom. The Morgan fingerprint density at radius 3 is 2.50 bits per heavy atom. The number of nitrogens with zero attached hydrogens (tertiary/aromatic N) is 3. The van der Waals surface area contributed by atoms with E-state index in [0.29, 0.717) is 23.7 Å². The van der Waals surface area contributed by atoms with E-state index >= 15 is 0 Å². The van der Waals surface area contributed by atoms with Crippen LogP contribution in [0.2, 0.25) is 0 Å². The van der Waals surface area contributed by atoms with Crippen LogP contribution < -0.4 is 10.1 Å². The zero-order valence-electron chi connectivity index (χ0n) is 16.5. The van der Waals surface area contributed by atoms with E-state index in [4.69, 9.17) is 4.74 Å². The minimum absolute atomic E-state index is 0.209. The molecule has 3 aromatic rings. The third kappa shape index (κ3) is 3.98. The SMILES string of the molecule is Cc1ncc(OC[C@@]2(c3ccc(F)cc3)CC2C(=O)Nc2ccc(F)cn2)c(C)n1. The highest BCUT2D eigenvalue weighted by Gasteiger charge is 2.60. The fourth-order valence-electron chi connectivity index (χ4n) is 3.58. The largest absolute Gasteiger partial charge is 0.489 e. The maximum absolute atomic E-state index is 13.4. The zero-order valence-corrected chi connectivity index (χ0v) is 16.5. The Labute approximate surface area is 172 Å². The van der Waals surface area contributed by atoms with Crippen molar-refractivity contribution in [1.29, 1.82) is 0 Å². The van der Waals surface area contributed by atoms with Gasteiger partial charge in [-0.3, -0.25) is 4.79 Å². The lowest BCUT2D eigenvalue weighted by Crippen LogP contribution is -2.27. The van der Waals surface area contributed by atoms with Gasteiger partial charge in [0.05, 0.1) is 30.6 Å². The molecule has 0 spiro atoms. The van der Waals surface area contributed by atoms with Gasteiger partial charge in [0.1, 0.15) is 23.3 Å². The van der Waals surface area contributed by atoms with E-state index in [1.165, 1.54) is 24.3 Å². The van der Waals surface area contributed by atoms with Gasteiger partial charge in [-0.2, -0.15) is 0 Å². The normalized spacial score (nSPS) is 19.9. The molecule has 4 rings (SSSR count). The van der Waals surface area contributed by atoms with Gasteiger partial charge in [-0.05, 0) is 50.1 Å². The Hall–Kier alpha value is -3.42. The Morgan fingerprint density at radius 1 is 1.10 bits per heavy atom. The molecule has 30 heavy (non-hydrogen) atoms. The van der Waals surface area contributed by atoms with E-state index < -0.39 is 17.2 Å². The summed E-state index contributed by atoms with van der Waals surface area (Å²) in [7, 11) is 0. The van der Waals surface area contributed by atoms with Crippen molar-refractivity contribution in [3.05, 3.63) is 77.5 Å². The molecule has 8 heteroatoms. The first-order valence-electron chi connectivity index (χ1n) is 9.49. The first-order valence-corrected chi connectivity index (χ1v) is 9.49. The molecule has 6 nitrogen and oxygen atoms in total. The van der Waals surface area contributed by atoms with Gasteiger partial charge in [0, 0.05) is 5.41 Å². The summed E-state index contributed by atoms with van der Waals surface area (Å²) in [5, 5.41) is 2.71. The lowest BCUT2D eigenvalue weighted by molar-refractivity contribution is -0.117. The molecule has 154 valence electrons. The molecule has 0 saturated heterocycles. The van der Waals surface area contributed by atoms with Gasteiger partial charge in [0.25, 0.3) is 0 Å². The fraction of sp³-hybridized carbons (Fsp3) is 0.273. The number of aromatic nitrogens is 3. The van der Waals surface area contributed by atoms with Gasteiger partial charge in [-0.1, -0.05) is 12.1 Å². The molecule has 1 aliphatic rings. The number of anilines is 1. The average Bonchev–Trinajstić information content (AvgIpc) is 3.45. The molecule has 1 aromatic carbocycles. The number of ether oxygens (including phenoxy) is 1. The Balaban J connectivity index is 1.55. The van der Waals surface area contributed by atoms with Gasteiger partial charge in [0.2, 0.25) is 5.91 Å². The van der Waals surface area contributed by atoms with Crippen molar-refractivity contribution in [3.63, 3.8) is 0 Å². The van der Waals surface area contributed by atoms with E-state index in [0.717, 1.165) is 11.8 Å². The summed E-state index contributed by atoms with van der Waals surface area (Å²) in [5.41, 5.74) is 0.894. The van der Waals surface area contributed by atoms with Crippen LogP contribution in [0.4, 0.5) is 14.6 Å². The second kappa shape index (κ2) is 7.78. The monoisotopic (exact) mass is 410 g/mol. The molecular formula is C22H20F2N4O2. The van der Waals surface area contributed by atoms with Gasteiger partial charge in [-0.25, -0.2) is 23.7 Å². The number of amides is 1. The van der Waals surface area contributed by atoms with E-state index in [1.807, 2.05) is 6.92 Å². The number of hydrogen-bond donors (Lipinski definition) is 1. The van der Waals surface area contributed by atoms with Gasteiger partial charge >= 0.3 is 0 Å². The maximum Gasteiger partial charge on any atom is 0.229 e. The maximum atomic E-state index is 13.4. The summed E-state index contributed by atoms with van der Waals surface area (Å²) in [6.07, 6.45) is 3.17. The van der Waals surface area contributed by atoms with Crippen LogP contribution in [0.1, 0.15) is 23.5 Å². The number of hydrogen-bond acceptors (Lipinski definition) is 5. The number of carbonyl (C=O) groups is 1. The molecule has 1 saturated carbocycles. The van der Waals surface area contributed by atoms with Crippen molar-refractivity contribution in [2.45, 2.75) is 25.7 Å².